The van der Waals surface area contributed by atoms with Crippen molar-refractivity contribution in [3.05, 3.63) is 12.7 Å². The van der Waals surface area contributed by atoms with Crippen LogP contribution in [0.3, 0.4) is 0 Å². The molecule has 1 aliphatic rings. The van der Waals surface area contributed by atoms with E-state index in [2.05, 4.69) is 11.9 Å². The van der Waals surface area contributed by atoms with Crippen molar-refractivity contribution in [3.63, 3.8) is 0 Å². The van der Waals surface area contributed by atoms with Gasteiger partial charge in [0.1, 0.15) is 17.9 Å². The van der Waals surface area contributed by atoms with Crippen LogP contribution in [0.15, 0.2) is 12.7 Å². The van der Waals surface area contributed by atoms with Crippen LogP contribution in [0.25, 0.3) is 0 Å². The molecule has 0 unspecified atom stereocenters. The smallest absolute Gasteiger partial charge is 0.412 e. The minimum Gasteiger partial charge on any atom is -0.461 e. The minimum atomic E-state index is -0.752. The summed E-state index contributed by atoms with van der Waals surface area (Å²) < 4.78 is 16.0. The van der Waals surface area contributed by atoms with Gasteiger partial charge in [0, 0.05) is 6.54 Å². The van der Waals surface area contributed by atoms with Crippen LogP contribution in [0, 0.1) is 0 Å². The van der Waals surface area contributed by atoms with Crippen LogP contribution >= 0.6 is 0 Å². The van der Waals surface area contributed by atoms with Gasteiger partial charge in [-0.05, 0) is 34.6 Å². The van der Waals surface area contributed by atoms with E-state index in [-0.39, 0.29) is 25.2 Å². The van der Waals surface area contributed by atoms with Crippen molar-refractivity contribution in [1.82, 2.24) is 10.2 Å². The monoisotopic (exact) mass is 328 g/mol. The van der Waals surface area contributed by atoms with E-state index in [4.69, 9.17) is 14.2 Å². The van der Waals surface area contributed by atoms with Crippen molar-refractivity contribution in [2.24, 2.45) is 0 Å². The Kier molecular flexibility index (Phi) is 6.58. The molecule has 1 rings (SSSR count). The zero-order chi connectivity index (χ0) is 17.7. The van der Waals surface area contributed by atoms with Crippen LogP contribution < -0.4 is 5.32 Å². The third-order valence-electron chi connectivity index (χ3n) is 3.18. The second-order valence-electron chi connectivity index (χ2n) is 6.86. The molecule has 1 aliphatic heterocycles. The summed E-state index contributed by atoms with van der Waals surface area (Å²) in [7, 11) is 0. The largest absolute Gasteiger partial charge is 0.461 e. The lowest BCUT2D eigenvalue weighted by atomic mass is 10.2. The van der Waals surface area contributed by atoms with Gasteiger partial charge in [-0.25, -0.2) is 4.79 Å². The Balaban J connectivity index is 2.58. The summed E-state index contributed by atoms with van der Waals surface area (Å²) in [6.07, 6.45) is 1.08. The standard InChI is InChI=1S/C16H28N2O5/c1-7-8-21-13(19)10-17-9-12-11-22-16(5,6)18(12)14(20)23-15(2,3)4/h7,12,17H,1,8-11H2,2-6H3/t12-/m0/s1. The van der Waals surface area contributed by atoms with Gasteiger partial charge < -0.3 is 19.5 Å². The summed E-state index contributed by atoms with van der Waals surface area (Å²) in [5.41, 5.74) is -1.33. The number of nitrogens with one attached hydrogen (secondary N) is 1. The Morgan fingerprint density at radius 2 is 2.09 bits per heavy atom. The van der Waals surface area contributed by atoms with E-state index in [1.165, 1.54) is 6.08 Å². The molecule has 1 fully saturated rings. The molecule has 0 aromatic heterocycles. The number of esters is 1. The van der Waals surface area contributed by atoms with Crippen LogP contribution in [0.1, 0.15) is 34.6 Å². The molecule has 7 nitrogen and oxygen atoms in total. The Hall–Kier alpha value is -1.60. The maximum atomic E-state index is 12.4. The molecule has 1 atom stereocenters. The Bertz CT molecular complexity index is 442. The number of carbonyl (C=O) groups excluding carboxylic acids is 2. The van der Waals surface area contributed by atoms with Gasteiger partial charge in [-0.3, -0.25) is 9.69 Å². The molecule has 0 bridgehead atoms. The summed E-state index contributed by atoms with van der Waals surface area (Å²) in [6.45, 7) is 13.6. The number of hydrogen-bond acceptors (Lipinski definition) is 6. The highest BCUT2D eigenvalue weighted by atomic mass is 16.6. The topological polar surface area (TPSA) is 77.1 Å². The number of nitrogens with zero attached hydrogens (tertiary/aromatic N) is 1. The number of ether oxygens (including phenoxy) is 3. The van der Waals surface area contributed by atoms with Crippen LogP contribution in [-0.2, 0) is 19.0 Å². The van der Waals surface area contributed by atoms with Crippen LogP contribution in [0.2, 0.25) is 0 Å². The van der Waals surface area contributed by atoms with Crippen molar-refractivity contribution in [2.45, 2.75) is 52.0 Å². The van der Waals surface area contributed by atoms with E-state index in [0.29, 0.717) is 13.2 Å². The lowest BCUT2D eigenvalue weighted by molar-refractivity contribution is -0.141. The van der Waals surface area contributed by atoms with Gasteiger partial charge in [0.2, 0.25) is 0 Å². The van der Waals surface area contributed by atoms with Gasteiger partial charge in [-0.2, -0.15) is 0 Å². The summed E-state index contributed by atoms with van der Waals surface area (Å²) in [5.74, 6) is -0.369. The van der Waals surface area contributed by atoms with Crippen molar-refractivity contribution in [1.29, 1.82) is 0 Å². The average molecular weight is 328 g/mol. The molecule has 0 spiro atoms. The molecule has 0 aliphatic carbocycles. The molecule has 1 amide bonds. The maximum absolute atomic E-state index is 12.4. The minimum absolute atomic E-state index is 0.0624. The van der Waals surface area contributed by atoms with Gasteiger partial charge in [0.15, 0.2) is 0 Å². The van der Waals surface area contributed by atoms with Crippen molar-refractivity contribution in [2.75, 3.05) is 26.3 Å². The molecule has 1 saturated heterocycles. The highest BCUT2D eigenvalue weighted by molar-refractivity contribution is 5.72. The third-order valence-corrected chi connectivity index (χ3v) is 3.18. The molecule has 1 heterocycles. The molecule has 0 aromatic rings. The van der Waals surface area contributed by atoms with E-state index in [9.17, 15) is 9.59 Å². The number of hydrogen-bond donors (Lipinski definition) is 1. The first-order valence-electron chi connectivity index (χ1n) is 7.70. The fraction of sp³-hybridized carbons (Fsp3) is 0.750. The zero-order valence-electron chi connectivity index (χ0n) is 14.7. The molecular formula is C16H28N2O5. The molecular weight excluding hydrogens is 300 g/mol. The van der Waals surface area contributed by atoms with E-state index in [0.717, 1.165) is 0 Å². The fourth-order valence-electron chi connectivity index (χ4n) is 2.26. The maximum Gasteiger partial charge on any atom is 0.412 e. The zero-order valence-corrected chi connectivity index (χ0v) is 14.7. The number of rotatable bonds is 6. The molecule has 7 heteroatoms. The van der Waals surface area contributed by atoms with Crippen LogP contribution in [0.4, 0.5) is 4.79 Å². The quantitative estimate of drug-likeness (QED) is 0.590. The number of carbonyl (C=O) groups is 2. The first-order valence-corrected chi connectivity index (χ1v) is 7.70. The lowest BCUT2D eigenvalue weighted by Gasteiger charge is -2.35. The van der Waals surface area contributed by atoms with Crippen molar-refractivity contribution in [3.8, 4) is 0 Å². The predicted molar refractivity (Wildman–Crippen MR) is 85.9 cm³/mol. The second kappa shape index (κ2) is 7.79. The predicted octanol–water partition coefficient (Wildman–Crippen LogP) is 1.68. The first kappa shape index (κ1) is 19.4. The van der Waals surface area contributed by atoms with Gasteiger partial charge in [0.05, 0.1) is 19.2 Å². The fourth-order valence-corrected chi connectivity index (χ4v) is 2.26. The normalized spacial score (nSPS) is 20.2. The van der Waals surface area contributed by atoms with Gasteiger partial charge in [-0.1, -0.05) is 12.7 Å². The third kappa shape index (κ3) is 6.19. The van der Waals surface area contributed by atoms with Crippen molar-refractivity contribution >= 4 is 12.1 Å². The Morgan fingerprint density at radius 1 is 1.43 bits per heavy atom. The van der Waals surface area contributed by atoms with Crippen LogP contribution in [0.5, 0.6) is 0 Å². The molecule has 0 radical (unpaired) electrons. The highest BCUT2D eigenvalue weighted by Crippen LogP contribution is 2.29. The number of amides is 1. The molecule has 1 N–H and O–H groups in total. The molecule has 0 aromatic carbocycles. The van der Waals surface area contributed by atoms with E-state index in [1.54, 1.807) is 4.90 Å². The molecule has 132 valence electrons. The average Bonchev–Trinajstić information content (AvgIpc) is 2.69. The van der Waals surface area contributed by atoms with Gasteiger partial charge in [0.25, 0.3) is 0 Å². The van der Waals surface area contributed by atoms with Crippen molar-refractivity contribution < 1.29 is 23.8 Å². The van der Waals surface area contributed by atoms with E-state index >= 15 is 0 Å². The molecule has 23 heavy (non-hydrogen) atoms. The second-order valence-corrected chi connectivity index (χ2v) is 6.86. The summed E-state index contributed by atoms with van der Waals surface area (Å²) in [6, 6.07) is -0.216. The summed E-state index contributed by atoms with van der Waals surface area (Å²) in [5, 5.41) is 2.98. The van der Waals surface area contributed by atoms with E-state index < -0.39 is 17.4 Å². The molecule has 0 saturated carbocycles. The SMILES string of the molecule is C=CCOC(=O)CNC[C@H]1COC(C)(C)N1C(=O)OC(C)(C)C. The summed E-state index contributed by atoms with van der Waals surface area (Å²) >= 11 is 0. The van der Waals surface area contributed by atoms with Crippen LogP contribution in [-0.4, -0.2) is 60.6 Å². The first-order chi connectivity index (χ1) is 10.6. The highest BCUT2D eigenvalue weighted by Gasteiger charge is 2.45. The Labute approximate surface area is 137 Å². The van der Waals surface area contributed by atoms with Gasteiger partial charge in [-0.15, -0.1) is 0 Å². The van der Waals surface area contributed by atoms with Gasteiger partial charge >= 0.3 is 12.1 Å². The van der Waals surface area contributed by atoms with E-state index in [1.807, 2.05) is 34.6 Å². The Morgan fingerprint density at radius 3 is 2.65 bits per heavy atom. The lowest BCUT2D eigenvalue weighted by Crippen LogP contribution is -2.52. The summed E-state index contributed by atoms with van der Waals surface area (Å²) in [4.78, 5) is 25.4.